The molecule has 2 N–H and O–H groups in total. The quantitative estimate of drug-likeness (QED) is 0.363. The lowest BCUT2D eigenvalue weighted by molar-refractivity contribution is 0.122. The molecule has 3 aromatic rings. The molecule has 1 saturated heterocycles. The number of pyridine rings is 2. The number of ether oxygens (including phenoxy) is 3. The second-order valence-corrected chi connectivity index (χ2v) is 11.3. The minimum absolute atomic E-state index is 0.0705. The molecule has 13 heteroatoms. The SMILES string of the molecule is CS(=O)(=O)NCCOc1cnc(N[C@H]2CC[C@@H](Oc3nc(N4CCOCC4)cc4ncccc34)CC2)nc1. The van der Waals surface area contributed by atoms with Gasteiger partial charge < -0.3 is 24.4 Å². The predicted octanol–water partition coefficient (Wildman–Crippen LogP) is 1.99. The molecule has 3 aromatic heterocycles. The van der Waals surface area contributed by atoms with Gasteiger partial charge in [-0.3, -0.25) is 4.98 Å². The summed E-state index contributed by atoms with van der Waals surface area (Å²) in [6.45, 7) is 3.37. The van der Waals surface area contributed by atoms with Crippen LogP contribution in [0.1, 0.15) is 25.7 Å². The molecule has 5 rings (SSSR count). The second kappa shape index (κ2) is 12.0. The van der Waals surface area contributed by atoms with Gasteiger partial charge in [-0.1, -0.05) is 0 Å². The first kappa shape index (κ1) is 26.3. The molecule has 38 heavy (non-hydrogen) atoms. The van der Waals surface area contributed by atoms with E-state index in [1.54, 1.807) is 18.6 Å². The number of nitrogens with zero attached hydrogens (tertiary/aromatic N) is 5. The number of aromatic nitrogens is 4. The number of nitrogens with one attached hydrogen (secondary N) is 2. The minimum Gasteiger partial charge on any atom is -0.489 e. The molecular weight excluding hydrogens is 510 g/mol. The van der Waals surface area contributed by atoms with E-state index < -0.39 is 10.0 Å². The zero-order chi connectivity index (χ0) is 26.4. The lowest BCUT2D eigenvalue weighted by Crippen LogP contribution is -2.37. The Morgan fingerprint density at radius 1 is 1.11 bits per heavy atom. The van der Waals surface area contributed by atoms with Gasteiger partial charge in [0, 0.05) is 37.9 Å². The third-order valence-electron chi connectivity index (χ3n) is 6.53. The average molecular weight is 544 g/mol. The van der Waals surface area contributed by atoms with Crippen molar-refractivity contribution < 1.29 is 22.6 Å². The third-order valence-corrected chi connectivity index (χ3v) is 7.26. The Kier molecular flexibility index (Phi) is 8.35. The van der Waals surface area contributed by atoms with Crippen LogP contribution in [0.2, 0.25) is 0 Å². The molecule has 0 spiro atoms. The van der Waals surface area contributed by atoms with Gasteiger partial charge in [0.1, 0.15) is 18.5 Å². The van der Waals surface area contributed by atoms with Crippen molar-refractivity contribution in [1.29, 1.82) is 0 Å². The zero-order valence-electron chi connectivity index (χ0n) is 21.4. The van der Waals surface area contributed by atoms with E-state index in [-0.39, 0.29) is 25.3 Å². The Balaban J connectivity index is 1.13. The lowest BCUT2D eigenvalue weighted by atomic mass is 9.93. The number of fused-ring (bicyclic) bond motifs is 1. The van der Waals surface area contributed by atoms with Crippen LogP contribution in [0.4, 0.5) is 11.8 Å². The van der Waals surface area contributed by atoms with Crippen LogP contribution in [-0.2, 0) is 14.8 Å². The molecule has 204 valence electrons. The molecular formula is C25H33N7O5S. The minimum atomic E-state index is -3.23. The van der Waals surface area contributed by atoms with Gasteiger partial charge in [-0.05, 0) is 37.8 Å². The molecule has 1 saturated carbocycles. The van der Waals surface area contributed by atoms with Gasteiger partial charge in [-0.2, -0.15) is 4.98 Å². The van der Waals surface area contributed by atoms with E-state index in [1.807, 2.05) is 18.2 Å². The molecule has 12 nitrogen and oxygen atoms in total. The summed E-state index contributed by atoms with van der Waals surface area (Å²) in [5.74, 6) is 2.53. The van der Waals surface area contributed by atoms with Crippen molar-refractivity contribution in [3.05, 3.63) is 36.8 Å². The Labute approximate surface area is 222 Å². The van der Waals surface area contributed by atoms with Crippen LogP contribution in [0.15, 0.2) is 36.8 Å². The Bertz CT molecular complexity index is 1310. The van der Waals surface area contributed by atoms with Crippen LogP contribution in [0, 0.1) is 0 Å². The van der Waals surface area contributed by atoms with Crippen LogP contribution < -0.4 is 24.4 Å². The molecule has 4 heterocycles. The maximum absolute atomic E-state index is 11.1. The fourth-order valence-corrected chi connectivity index (χ4v) is 5.06. The highest BCUT2D eigenvalue weighted by molar-refractivity contribution is 7.88. The molecule has 1 aliphatic heterocycles. The van der Waals surface area contributed by atoms with Crippen molar-refractivity contribution in [2.45, 2.75) is 37.8 Å². The average Bonchev–Trinajstić information content (AvgIpc) is 2.93. The van der Waals surface area contributed by atoms with Crippen molar-refractivity contribution in [3.8, 4) is 11.6 Å². The summed E-state index contributed by atoms with van der Waals surface area (Å²) >= 11 is 0. The third kappa shape index (κ3) is 7.17. The van der Waals surface area contributed by atoms with E-state index in [4.69, 9.17) is 19.2 Å². The summed E-state index contributed by atoms with van der Waals surface area (Å²) in [5.41, 5.74) is 0.880. The van der Waals surface area contributed by atoms with E-state index in [0.29, 0.717) is 30.8 Å². The molecule has 2 fully saturated rings. The summed E-state index contributed by atoms with van der Waals surface area (Å²) in [6.07, 6.45) is 9.74. The molecule has 0 unspecified atom stereocenters. The van der Waals surface area contributed by atoms with Crippen molar-refractivity contribution in [3.63, 3.8) is 0 Å². The molecule has 0 radical (unpaired) electrons. The molecule has 0 bridgehead atoms. The van der Waals surface area contributed by atoms with Crippen LogP contribution >= 0.6 is 0 Å². The fraction of sp³-hybridized carbons (Fsp3) is 0.520. The van der Waals surface area contributed by atoms with Crippen LogP contribution in [0.3, 0.4) is 0 Å². The number of anilines is 2. The van der Waals surface area contributed by atoms with E-state index in [9.17, 15) is 8.42 Å². The molecule has 0 atom stereocenters. The van der Waals surface area contributed by atoms with Gasteiger partial charge in [0.05, 0.1) is 42.8 Å². The molecule has 2 aliphatic rings. The zero-order valence-corrected chi connectivity index (χ0v) is 22.2. The summed E-state index contributed by atoms with van der Waals surface area (Å²) in [5, 5.41) is 4.32. The van der Waals surface area contributed by atoms with Crippen LogP contribution in [0.25, 0.3) is 10.9 Å². The van der Waals surface area contributed by atoms with Gasteiger partial charge in [0.25, 0.3) is 0 Å². The summed E-state index contributed by atoms with van der Waals surface area (Å²) in [4.78, 5) is 20.3. The van der Waals surface area contributed by atoms with Gasteiger partial charge in [-0.25, -0.2) is 23.1 Å². The van der Waals surface area contributed by atoms with E-state index >= 15 is 0 Å². The van der Waals surface area contributed by atoms with E-state index in [2.05, 4.69) is 29.9 Å². The Hall–Kier alpha value is -3.29. The number of rotatable bonds is 10. The molecule has 0 amide bonds. The normalized spacial score (nSPS) is 20.3. The van der Waals surface area contributed by atoms with Crippen molar-refractivity contribution in [1.82, 2.24) is 24.7 Å². The maximum atomic E-state index is 11.1. The van der Waals surface area contributed by atoms with Gasteiger partial charge in [-0.15, -0.1) is 0 Å². The number of morpholine rings is 1. The number of sulfonamides is 1. The standard InChI is InChI=1S/C25H33N7O5S/c1-38(33,34)29-9-12-36-20-16-27-25(28-17-20)30-18-4-6-19(7-5-18)37-24-21-3-2-8-26-22(21)15-23(31-24)32-10-13-35-14-11-32/h2-3,8,15-19,29H,4-7,9-14H2,1H3,(H,27,28,30)/t18-,19+. The number of hydrogen-bond donors (Lipinski definition) is 2. The molecule has 0 aromatic carbocycles. The first-order valence-corrected chi connectivity index (χ1v) is 14.7. The van der Waals surface area contributed by atoms with E-state index in [1.165, 1.54) is 0 Å². The van der Waals surface area contributed by atoms with Gasteiger partial charge in [0.15, 0.2) is 5.75 Å². The largest absolute Gasteiger partial charge is 0.489 e. The van der Waals surface area contributed by atoms with E-state index in [0.717, 1.165) is 61.7 Å². The highest BCUT2D eigenvalue weighted by Gasteiger charge is 2.25. The Morgan fingerprint density at radius 3 is 2.61 bits per heavy atom. The highest BCUT2D eigenvalue weighted by Crippen LogP contribution is 2.31. The molecule has 1 aliphatic carbocycles. The van der Waals surface area contributed by atoms with Crippen molar-refractivity contribution >= 4 is 32.7 Å². The van der Waals surface area contributed by atoms with Crippen molar-refractivity contribution in [2.24, 2.45) is 0 Å². The van der Waals surface area contributed by atoms with Crippen LogP contribution in [-0.4, -0.2) is 86.2 Å². The number of hydrogen-bond acceptors (Lipinski definition) is 11. The first-order valence-electron chi connectivity index (χ1n) is 12.8. The topological polar surface area (TPSA) is 141 Å². The fourth-order valence-electron chi connectivity index (χ4n) is 4.60. The second-order valence-electron chi connectivity index (χ2n) is 9.45. The summed E-state index contributed by atoms with van der Waals surface area (Å²) in [7, 11) is -3.23. The summed E-state index contributed by atoms with van der Waals surface area (Å²) < 4.78 is 42.0. The smallest absolute Gasteiger partial charge is 0.225 e. The van der Waals surface area contributed by atoms with Crippen molar-refractivity contribution in [2.75, 3.05) is 55.9 Å². The predicted molar refractivity (Wildman–Crippen MR) is 143 cm³/mol. The van der Waals surface area contributed by atoms with Gasteiger partial charge >= 0.3 is 0 Å². The maximum Gasteiger partial charge on any atom is 0.225 e. The summed E-state index contributed by atoms with van der Waals surface area (Å²) in [6, 6.07) is 6.19. The monoisotopic (exact) mass is 543 g/mol. The first-order chi connectivity index (χ1) is 18.4. The highest BCUT2D eigenvalue weighted by atomic mass is 32.2. The lowest BCUT2D eigenvalue weighted by Gasteiger charge is -2.31. The van der Waals surface area contributed by atoms with Gasteiger partial charge in [0.2, 0.25) is 21.9 Å². The Morgan fingerprint density at radius 2 is 1.87 bits per heavy atom. The van der Waals surface area contributed by atoms with Crippen LogP contribution in [0.5, 0.6) is 11.6 Å².